The van der Waals surface area contributed by atoms with E-state index in [-0.39, 0.29) is 17.9 Å². The summed E-state index contributed by atoms with van der Waals surface area (Å²) in [6.45, 7) is 1.09. The van der Waals surface area contributed by atoms with Crippen LogP contribution in [0.25, 0.3) is 0 Å². The molecule has 2 N–H and O–H groups in total. The number of carboxylic acid groups (broad SMARTS) is 1. The molecule has 0 aliphatic heterocycles. The van der Waals surface area contributed by atoms with Crippen LogP contribution in [0.15, 0.2) is 46.0 Å². The first kappa shape index (κ1) is 18.1. The van der Waals surface area contributed by atoms with Crippen molar-refractivity contribution in [2.24, 2.45) is 10.2 Å². The van der Waals surface area contributed by atoms with Gasteiger partial charge in [0, 0.05) is 0 Å². The van der Waals surface area contributed by atoms with Gasteiger partial charge >= 0.3 is 18.1 Å². The quantitative estimate of drug-likeness (QED) is 0.372. The van der Waals surface area contributed by atoms with Gasteiger partial charge in [-0.25, -0.2) is 9.59 Å². The van der Waals surface area contributed by atoms with E-state index in [0.29, 0.717) is 0 Å². The van der Waals surface area contributed by atoms with Crippen molar-refractivity contribution in [1.82, 2.24) is 0 Å². The first-order valence-corrected chi connectivity index (χ1v) is 6.10. The molecule has 0 unspecified atom stereocenters. The van der Waals surface area contributed by atoms with Gasteiger partial charge in [-0.2, -0.15) is 13.2 Å². The van der Waals surface area contributed by atoms with Gasteiger partial charge in [-0.3, -0.25) is 0 Å². The maximum atomic E-state index is 12.5. The first-order valence-electron chi connectivity index (χ1n) is 6.10. The van der Waals surface area contributed by atoms with Crippen molar-refractivity contribution in [3.05, 3.63) is 41.3 Å². The number of carboxylic acids is 1. The molecule has 0 atom stereocenters. The zero-order chi connectivity index (χ0) is 17.6. The molecule has 1 aromatic carbocycles. The number of hydrogen-bond donors (Lipinski definition) is 2. The lowest BCUT2D eigenvalue weighted by Gasteiger charge is -2.08. The Kier molecular flexibility index (Phi) is 5.82. The summed E-state index contributed by atoms with van der Waals surface area (Å²) in [5.74, 6) is -5.22. The molecule has 0 radical (unpaired) electrons. The van der Waals surface area contributed by atoms with Crippen LogP contribution in [-0.2, 0) is 9.53 Å². The topological polar surface area (TPSA) is 109 Å². The third-order valence-electron chi connectivity index (χ3n) is 2.35. The molecule has 23 heavy (non-hydrogen) atoms. The lowest BCUT2D eigenvalue weighted by Crippen LogP contribution is -2.18. The van der Waals surface area contributed by atoms with Crippen molar-refractivity contribution in [2.45, 2.75) is 13.1 Å². The zero-order valence-corrected chi connectivity index (χ0v) is 11.7. The minimum Gasteiger partial charge on any atom is -0.502 e. The number of azo groups is 1. The zero-order valence-electron chi connectivity index (χ0n) is 11.7. The van der Waals surface area contributed by atoms with Gasteiger partial charge in [0.05, 0.1) is 12.2 Å². The Morgan fingerprint density at radius 3 is 2.35 bits per heavy atom. The summed E-state index contributed by atoms with van der Waals surface area (Å²) in [5.41, 5.74) is -2.11. The SMILES string of the molecule is CCOC(=O)/C(N=Nc1ccccc1C(=O)O)=C(\O)C(F)(F)F. The van der Waals surface area contributed by atoms with E-state index in [4.69, 9.17) is 10.2 Å². The van der Waals surface area contributed by atoms with E-state index in [1.807, 2.05) is 0 Å². The molecule has 0 fully saturated rings. The van der Waals surface area contributed by atoms with Gasteiger partial charge in [0.1, 0.15) is 5.69 Å². The average molecular weight is 332 g/mol. The number of hydrogen-bond acceptors (Lipinski definition) is 6. The highest BCUT2D eigenvalue weighted by molar-refractivity contribution is 5.93. The summed E-state index contributed by atoms with van der Waals surface area (Å²) in [4.78, 5) is 22.4. The van der Waals surface area contributed by atoms with Crippen molar-refractivity contribution in [3.63, 3.8) is 0 Å². The molecule has 124 valence electrons. The molecule has 10 heteroatoms. The predicted molar refractivity (Wildman–Crippen MR) is 70.3 cm³/mol. The number of ether oxygens (including phenoxy) is 1. The predicted octanol–water partition coefficient (Wildman–Crippen LogP) is 3.36. The van der Waals surface area contributed by atoms with E-state index >= 15 is 0 Å². The molecule has 0 heterocycles. The Morgan fingerprint density at radius 2 is 1.83 bits per heavy atom. The van der Waals surface area contributed by atoms with Crippen molar-refractivity contribution in [1.29, 1.82) is 0 Å². The molecule has 0 aliphatic rings. The molecule has 7 nitrogen and oxygen atoms in total. The summed E-state index contributed by atoms with van der Waals surface area (Å²) in [6, 6.07) is 5.06. The van der Waals surface area contributed by atoms with E-state index in [2.05, 4.69) is 15.0 Å². The van der Waals surface area contributed by atoms with Crippen LogP contribution in [-0.4, -0.2) is 34.9 Å². The Bertz CT molecular complexity index is 668. The number of nitrogens with zero attached hydrogens (tertiary/aromatic N) is 2. The van der Waals surface area contributed by atoms with Crippen molar-refractivity contribution < 1.29 is 37.7 Å². The Morgan fingerprint density at radius 1 is 1.22 bits per heavy atom. The van der Waals surface area contributed by atoms with Crippen LogP contribution < -0.4 is 0 Å². The lowest BCUT2D eigenvalue weighted by atomic mass is 10.2. The van der Waals surface area contributed by atoms with Gasteiger partial charge in [-0.15, -0.1) is 10.2 Å². The number of halogens is 3. The van der Waals surface area contributed by atoms with Gasteiger partial charge in [-0.05, 0) is 19.1 Å². The minimum atomic E-state index is -5.24. The van der Waals surface area contributed by atoms with E-state index in [9.17, 15) is 22.8 Å². The van der Waals surface area contributed by atoms with Crippen molar-refractivity contribution in [3.8, 4) is 0 Å². The summed E-state index contributed by atoms with van der Waals surface area (Å²) >= 11 is 0. The Hall–Kier alpha value is -2.91. The fraction of sp³-hybridized carbons (Fsp3) is 0.231. The summed E-state index contributed by atoms with van der Waals surface area (Å²) < 4.78 is 41.9. The van der Waals surface area contributed by atoms with E-state index < -0.39 is 29.6 Å². The average Bonchev–Trinajstić information content (AvgIpc) is 2.46. The third kappa shape index (κ3) is 4.80. The van der Waals surface area contributed by atoms with Crippen LogP contribution in [0, 0.1) is 0 Å². The Balaban J connectivity index is 3.32. The van der Waals surface area contributed by atoms with Crippen LogP contribution in [0.2, 0.25) is 0 Å². The number of aliphatic hydroxyl groups is 1. The van der Waals surface area contributed by atoms with Crippen LogP contribution >= 0.6 is 0 Å². The second-order valence-electron chi connectivity index (χ2n) is 3.94. The lowest BCUT2D eigenvalue weighted by molar-refractivity contribution is -0.143. The van der Waals surface area contributed by atoms with Crippen molar-refractivity contribution >= 4 is 17.6 Å². The summed E-state index contributed by atoms with van der Waals surface area (Å²) in [5, 5.41) is 24.3. The number of aromatic carboxylic acids is 1. The minimum absolute atomic E-state index is 0.255. The monoisotopic (exact) mass is 332 g/mol. The number of carbonyl (C=O) groups is 2. The highest BCUT2D eigenvalue weighted by Crippen LogP contribution is 2.28. The van der Waals surface area contributed by atoms with Gasteiger partial charge in [-0.1, -0.05) is 12.1 Å². The number of rotatable bonds is 5. The largest absolute Gasteiger partial charge is 0.502 e. The number of benzene rings is 1. The molecule has 0 aliphatic carbocycles. The molecular formula is C13H11F3N2O5. The van der Waals surface area contributed by atoms with Gasteiger partial charge in [0.15, 0.2) is 0 Å². The number of esters is 1. The smallest absolute Gasteiger partial charge is 0.451 e. The summed E-state index contributed by atoms with van der Waals surface area (Å²) in [7, 11) is 0. The van der Waals surface area contributed by atoms with Gasteiger partial charge < -0.3 is 14.9 Å². The fourth-order valence-electron chi connectivity index (χ4n) is 1.36. The number of alkyl halides is 3. The molecule has 0 saturated heterocycles. The normalized spacial score (nSPS) is 12.9. The second kappa shape index (κ2) is 7.38. The molecule has 0 amide bonds. The number of allylic oxidation sites excluding steroid dienone is 1. The van der Waals surface area contributed by atoms with Crippen LogP contribution in [0.4, 0.5) is 18.9 Å². The molecule has 0 aromatic heterocycles. The molecule has 0 bridgehead atoms. The van der Waals surface area contributed by atoms with E-state index in [1.54, 1.807) is 0 Å². The maximum absolute atomic E-state index is 12.5. The Labute approximate surface area is 127 Å². The van der Waals surface area contributed by atoms with Gasteiger partial charge in [0.25, 0.3) is 0 Å². The van der Waals surface area contributed by atoms with Crippen molar-refractivity contribution in [2.75, 3.05) is 6.61 Å². The van der Waals surface area contributed by atoms with Crippen LogP contribution in [0.3, 0.4) is 0 Å². The van der Waals surface area contributed by atoms with Gasteiger partial charge in [0.2, 0.25) is 11.5 Å². The highest BCUT2D eigenvalue weighted by Gasteiger charge is 2.39. The highest BCUT2D eigenvalue weighted by atomic mass is 19.4. The molecule has 1 rings (SSSR count). The third-order valence-corrected chi connectivity index (χ3v) is 2.35. The molecular weight excluding hydrogens is 321 g/mol. The molecule has 0 spiro atoms. The first-order chi connectivity index (χ1) is 10.7. The van der Waals surface area contributed by atoms with Crippen LogP contribution in [0.5, 0.6) is 0 Å². The standard InChI is InChI=1S/C13H11F3N2O5/c1-2-23-12(22)9(10(19)13(14,15)16)18-17-8-6-4-3-5-7(8)11(20)21/h3-6,19H,2H2,1H3,(H,20,21)/b10-9+,18-17?. The number of aliphatic hydroxyl groups excluding tert-OH is 1. The number of carbonyl (C=O) groups excluding carboxylic acids is 1. The summed E-state index contributed by atoms with van der Waals surface area (Å²) in [6.07, 6.45) is -5.24. The van der Waals surface area contributed by atoms with E-state index in [0.717, 1.165) is 6.07 Å². The fourth-order valence-corrected chi connectivity index (χ4v) is 1.36. The van der Waals surface area contributed by atoms with E-state index in [1.165, 1.54) is 25.1 Å². The van der Waals surface area contributed by atoms with Crippen LogP contribution in [0.1, 0.15) is 17.3 Å². The second-order valence-corrected chi connectivity index (χ2v) is 3.94. The molecule has 0 saturated carbocycles. The maximum Gasteiger partial charge on any atom is 0.451 e. The molecule has 1 aromatic rings.